The number of aromatic nitrogens is 1. The topological polar surface area (TPSA) is 62.3 Å². The van der Waals surface area contributed by atoms with Gasteiger partial charge in [0.1, 0.15) is 12.2 Å². The molecule has 0 atom stereocenters. The van der Waals surface area contributed by atoms with Gasteiger partial charge >= 0.3 is 6.18 Å². The molecule has 0 unspecified atom stereocenters. The molecule has 1 N–H and O–H groups in total. The van der Waals surface area contributed by atoms with Crippen LogP contribution in [0.4, 0.5) is 18.9 Å². The van der Waals surface area contributed by atoms with Crippen LogP contribution in [0.25, 0.3) is 0 Å². The first kappa shape index (κ1) is 22.0. The molecule has 0 radical (unpaired) electrons. The highest BCUT2D eigenvalue weighted by Gasteiger charge is 2.32. The molecule has 150 valence electrons. The van der Waals surface area contributed by atoms with Crippen LogP contribution in [0.2, 0.25) is 10.0 Å². The van der Waals surface area contributed by atoms with Crippen molar-refractivity contribution < 1.29 is 22.8 Å². The SMILES string of the molecule is CCCN(CC(=O)Nc1ccc(Cl)cc1Cl)C(=O)c1ccc(C(F)(F)F)nc1. The van der Waals surface area contributed by atoms with E-state index in [9.17, 15) is 22.8 Å². The third-order valence-corrected chi connectivity index (χ3v) is 4.17. The van der Waals surface area contributed by atoms with E-state index in [4.69, 9.17) is 23.2 Å². The van der Waals surface area contributed by atoms with Crippen molar-refractivity contribution in [2.24, 2.45) is 0 Å². The Morgan fingerprint density at radius 3 is 2.43 bits per heavy atom. The molecule has 0 saturated carbocycles. The lowest BCUT2D eigenvalue weighted by atomic mass is 10.2. The summed E-state index contributed by atoms with van der Waals surface area (Å²) in [6.45, 7) is 1.74. The van der Waals surface area contributed by atoms with Crippen molar-refractivity contribution in [2.75, 3.05) is 18.4 Å². The molecule has 1 aromatic carbocycles. The van der Waals surface area contributed by atoms with E-state index in [1.165, 1.54) is 17.0 Å². The van der Waals surface area contributed by atoms with Crippen molar-refractivity contribution >= 4 is 40.7 Å². The summed E-state index contributed by atoms with van der Waals surface area (Å²) in [5.41, 5.74) is -0.809. The fourth-order valence-corrected chi connectivity index (χ4v) is 2.80. The molecule has 1 heterocycles. The largest absolute Gasteiger partial charge is 0.433 e. The number of benzene rings is 1. The first-order chi connectivity index (χ1) is 13.1. The van der Waals surface area contributed by atoms with Gasteiger partial charge in [0.15, 0.2) is 0 Å². The fraction of sp³-hybridized carbons (Fsp3) is 0.278. The molecule has 2 rings (SSSR count). The number of hydrogen-bond donors (Lipinski definition) is 1. The van der Waals surface area contributed by atoms with E-state index in [1.54, 1.807) is 13.0 Å². The van der Waals surface area contributed by atoms with Crippen LogP contribution in [0.5, 0.6) is 0 Å². The van der Waals surface area contributed by atoms with Gasteiger partial charge in [0.2, 0.25) is 5.91 Å². The van der Waals surface area contributed by atoms with Crippen molar-refractivity contribution in [3.05, 3.63) is 57.8 Å². The monoisotopic (exact) mass is 433 g/mol. The third kappa shape index (κ3) is 5.84. The van der Waals surface area contributed by atoms with Gasteiger partial charge in [-0.25, -0.2) is 0 Å². The first-order valence-corrected chi connectivity index (χ1v) is 8.95. The maximum Gasteiger partial charge on any atom is 0.433 e. The van der Waals surface area contributed by atoms with Gasteiger partial charge in [0, 0.05) is 17.8 Å². The number of halogens is 5. The Morgan fingerprint density at radius 1 is 1.18 bits per heavy atom. The maximum absolute atomic E-state index is 12.6. The van der Waals surface area contributed by atoms with Crippen LogP contribution in [-0.2, 0) is 11.0 Å². The molecule has 0 bridgehead atoms. The molecule has 5 nitrogen and oxygen atoms in total. The van der Waals surface area contributed by atoms with Gasteiger partial charge in [-0.3, -0.25) is 14.6 Å². The highest BCUT2D eigenvalue weighted by Crippen LogP contribution is 2.27. The Hall–Kier alpha value is -2.32. The molecule has 2 aromatic rings. The highest BCUT2D eigenvalue weighted by atomic mass is 35.5. The van der Waals surface area contributed by atoms with Gasteiger partial charge in [-0.05, 0) is 36.8 Å². The van der Waals surface area contributed by atoms with Gasteiger partial charge in [0.25, 0.3) is 5.91 Å². The third-order valence-electron chi connectivity index (χ3n) is 3.62. The number of amides is 2. The summed E-state index contributed by atoms with van der Waals surface area (Å²) in [7, 11) is 0. The van der Waals surface area contributed by atoms with E-state index in [2.05, 4.69) is 10.3 Å². The summed E-state index contributed by atoms with van der Waals surface area (Å²) in [4.78, 5) is 29.4. The standard InChI is InChI=1S/C18H16Cl2F3N3O2/c1-2-7-26(10-16(27)25-14-5-4-12(19)8-13(14)20)17(28)11-3-6-15(24-9-11)18(21,22)23/h3-6,8-9H,2,7,10H2,1H3,(H,25,27). The summed E-state index contributed by atoms with van der Waals surface area (Å²) >= 11 is 11.8. The number of alkyl halides is 3. The lowest BCUT2D eigenvalue weighted by molar-refractivity contribution is -0.141. The van der Waals surface area contributed by atoms with Gasteiger partial charge in [-0.15, -0.1) is 0 Å². The highest BCUT2D eigenvalue weighted by molar-refractivity contribution is 6.36. The number of rotatable bonds is 6. The van der Waals surface area contributed by atoms with Crippen molar-refractivity contribution in [3.8, 4) is 0 Å². The van der Waals surface area contributed by atoms with E-state index in [0.717, 1.165) is 18.3 Å². The Kier molecular flexibility index (Phi) is 7.26. The first-order valence-electron chi connectivity index (χ1n) is 8.19. The molecule has 0 aliphatic heterocycles. The van der Waals surface area contributed by atoms with Crippen LogP contribution in [0, 0.1) is 0 Å². The number of anilines is 1. The molecule has 0 spiro atoms. The lowest BCUT2D eigenvalue weighted by Gasteiger charge is -2.22. The normalized spacial score (nSPS) is 11.2. The van der Waals surface area contributed by atoms with Crippen LogP contribution in [0.1, 0.15) is 29.4 Å². The molecule has 0 aliphatic rings. The van der Waals surface area contributed by atoms with E-state index in [-0.39, 0.29) is 23.7 Å². The maximum atomic E-state index is 12.6. The predicted molar refractivity (Wildman–Crippen MR) is 101 cm³/mol. The average molecular weight is 434 g/mol. The second kappa shape index (κ2) is 9.25. The number of carbonyl (C=O) groups excluding carboxylic acids is 2. The van der Waals surface area contributed by atoms with Crippen molar-refractivity contribution in [1.29, 1.82) is 0 Å². The van der Waals surface area contributed by atoms with Crippen molar-refractivity contribution in [2.45, 2.75) is 19.5 Å². The molecule has 10 heteroatoms. The predicted octanol–water partition coefficient (Wildman–Crippen LogP) is 4.90. The lowest BCUT2D eigenvalue weighted by Crippen LogP contribution is -2.38. The van der Waals surface area contributed by atoms with Crippen molar-refractivity contribution in [3.63, 3.8) is 0 Å². The molecular formula is C18H16Cl2F3N3O2. The molecule has 28 heavy (non-hydrogen) atoms. The summed E-state index contributed by atoms with van der Waals surface area (Å²) < 4.78 is 37.8. The Balaban J connectivity index is 2.11. The van der Waals surface area contributed by atoms with Gasteiger partial charge in [-0.2, -0.15) is 13.2 Å². The molecule has 0 saturated heterocycles. The number of nitrogens with one attached hydrogen (secondary N) is 1. The molecule has 0 fully saturated rings. The molecular weight excluding hydrogens is 418 g/mol. The zero-order valence-corrected chi connectivity index (χ0v) is 16.2. The second-order valence-corrected chi connectivity index (χ2v) is 6.67. The van der Waals surface area contributed by atoms with Crippen LogP contribution in [0.15, 0.2) is 36.5 Å². The zero-order valence-electron chi connectivity index (χ0n) is 14.7. The summed E-state index contributed by atoms with van der Waals surface area (Å²) in [6.07, 6.45) is -3.20. The van der Waals surface area contributed by atoms with Crippen LogP contribution in [0.3, 0.4) is 0 Å². The quantitative estimate of drug-likeness (QED) is 0.704. The smallest absolute Gasteiger partial charge is 0.329 e. The number of carbonyl (C=O) groups is 2. The Morgan fingerprint density at radius 2 is 1.89 bits per heavy atom. The van der Waals surface area contributed by atoms with Crippen molar-refractivity contribution in [1.82, 2.24) is 9.88 Å². The number of pyridine rings is 1. The van der Waals surface area contributed by atoms with E-state index in [1.807, 2.05) is 0 Å². The summed E-state index contributed by atoms with van der Waals surface area (Å²) in [5, 5.41) is 3.21. The zero-order chi connectivity index (χ0) is 20.9. The van der Waals surface area contributed by atoms with Crippen LogP contribution >= 0.6 is 23.2 Å². The number of nitrogens with zero attached hydrogens (tertiary/aromatic N) is 2. The molecule has 2 amide bonds. The summed E-state index contributed by atoms with van der Waals surface area (Å²) in [6, 6.07) is 6.29. The number of hydrogen-bond acceptors (Lipinski definition) is 3. The fourth-order valence-electron chi connectivity index (χ4n) is 2.35. The van der Waals surface area contributed by atoms with Crippen LogP contribution in [-0.4, -0.2) is 34.8 Å². The van der Waals surface area contributed by atoms with E-state index < -0.39 is 23.7 Å². The second-order valence-electron chi connectivity index (χ2n) is 5.83. The molecule has 1 aromatic heterocycles. The van der Waals surface area contributed by atoms with Gasteiger partial charge in [-0.1, -0.05) is 30.1 Å². The Bertz CT molecular complexity index is 858. The average Bonchev–Trinajstić information content (AvgIpc) is 2.62. The summed E-state index contributed by atoms with van der Waals surface area (Å²) in [5.74, 6) is -1.11. The Labute approximate surface area is 169 Å². The minimum Gasteiger partial charge on any atom is -0.329 e. The van der Waals surface area contributed by atoms with E-state index in [0.29, 0.717) is 17.1 Å². The van der Waals surface area contributed by atoms with Gasteiger partial charge in [0.05, 0.1) is 16.3 Å². The van der Waals surface area contributed by atoms with E-state index >= 15 is 0 Å². The molecule has 0 aliphatic carbocycles. The van der Waals surface area contributed by atoms with Gasteiger partial charge < -0.3 is 10.2 Å². The minimum absolute atomic E-state index is 0.0428. The van der Waals surface area contributed by atoms with Crippen LogP contribution < -0.4 is 5.32 Å². The minimum atomic E-state index is -4.59.